The van der Waals surface area contributed by atoms with Gasteiger partial charge in [-0.3, -0.25) is 0 Å². The van der Waals surface area contributed by atoms with Gasteiger partial charge in [-0.2, -0.15) is 0 Å². The van der Waals surface area contributed by atoms with Crippen LogP contribution >= 0.6 is 12.2 Å². The van der Waals surface area contributed by atoms with Crippen LogP contribution in [0.5, 0.6) is 5.88 Å². The van der Waals surface area contributed by atoms with Crippen molar-refractivity contribution in [3.8, 4) is 5.88 Å². The molecule has 0 bridgehead atoms. The lowest BCUT2D eigenvalue weighted by Gasteiger charge is -2.17. The number of thiocarbonyl (C=S) groups is 1. The maximum absolute atomic E-state index is 5.22. The Morgan fingerprint density at radius 3 is 2.59 bits per heavy atom. The molecule has 0 radical (unpaired) electrons. The number of rotatable bonds is 5. The molecule has 0 aromatic carbocycles. The Bertz CT molecular complexity index is 349. The summed E-state index contributed by atoms with van der Waals surface area (Å²) in [7, 11) is 1.59. The average molecular weight is 253 g/mol. The van der Waals surface area contributed by atoms with E-state index in [9.17, 15) is 0 Å². The molecular formula is C12H19N3OS. The molecule has 1 aromatic rings. The largest absolute Gasteiger partial charge is 0.481 e. The number of ether oxygens (including phenoxy) is 1. The summed E-state index contributed by atoms with van der Waals surface area (Å²) in [5.74, 6) is 0.592. The first-order chi connectivity index (χ1) is 8.19. The first-order valence-corrected chi connectivity index (χ1v) is 6.18. The lowest BCUT2D eigenvalue weighted by molar-refractivity contribution is 0.398. The van der Waals surface area contributed by atoms with Gasteiger partial charge in [-0.25, -0.2) is 4.98 Å². The van der Waals surface area contributed by atoms with Crippen LogP contribution in [0.25, 0.3) is 0 Å². The van der Waals surface area contributed by atoms with Gasteiger partial charge in [-0.1, -0.05) is 13.8 Å². The van der Waals surface area contributed by atoms with Crippen molar-refractivity contribution in [2.75, 3.05) is 12.4 Å². The van der Waals surface area contributed by atoms with Crippen molar-refractivity contribution < 1.29 is 4.74 Å². The van der Waals surface area contributed by atoms with Gasteiger partial charge >= 0.3 is 0 Å². The van der Waals surface area contributed by atoms with E-state index < -0.39 is 0 Å². The predicted octanol–water partition coefficient (Wildman–Crippen LogP) is 2.57. The summed E-state index contributed by atoms with van der Waals surface area (Å²) in [6.07, 6.45) is 3.80. The molecule has 5 heteroatoms. The van der Waals surface area contributed by atoms with Crippen molar-refractivity contribution in [3.63, 3.8) is 0 Å². The number of pyridine rings is 1. The van der Waals surface area contributed by atoms with Crippen LogP contribution in [0.4, 0.5) is 5.69 Å². The van der Waals surface area contributed by atoms with Crippen LogP contribution in [0.3, 0.4) is 0 Å². The summed E-state index contributed by atoms with van der Waals surface area (Å²) in [5.41, 5.74) is 0.856. The maximum atomic E-state index is 5.22. The maximum Gasteiger partial charge on any atom is 0.213 e. The van der Waals surface area contributed by atoms with E-state index in [1.807, 2.05) is 6.07 Å². The number of aromatic nitrogens is 1. The normalized spacial score (nSPS) is 10.1. The molecule has 0 saturated carbocycles. The van der Waals surface area contributed by atoms with Crippen molar-refractivity contribution >= 4 is 23.0 Å². The number of nitrogens with zero attached hydrogens (tertiary/aromatic N) is 1. The Labute approximate surface area is 108 Å². The molecule has 0 aliphatic rings. The fourth-order valence-corrected chi connectivity index (χ4v) is 1.70. The van der Waals surface area contributed by atoms with Crippen molar-refractivity contribution in [1.82, 2.24) is 10.3 Å². The zero-order valence-electron chi connectivity index (χ0n) is 10.5. The molecule has 1 aromatic heterocycles. The zero-order chi connectivity index (χ0) is 12.7. The number of methoxy groups -OCH3 is 1. The highest BCUT2D eigenvalue weighted by Gasteiger charge is 2.05. The number of hydrogen-bond donors (Lipinski definition) is 2. The van der Waals surface area contributed by atoms with Crippen LogP contribution in [-0.2, 0) is 0 Å². The van der Waals surface area contributed by atoms with Crippen LogP contribution in [0.15, 0.2) is 18.3 Å². The molecule has 0 amide bonds. The Hall–Kier alpha value is -1.36. The standard InChI is InChI=1S/C12H19N3OS/c1-4-9(5-2)14-12(17)15-10-6-7-11(16-3)13-8-10/h6-9H,4-5H2,1-3H3,(H2,14,15,17). The zero-order valence-corrected chi connectivity index (χ0v) is 11.3. The van der Waals surface area contributed by atoms with Gasteiger partial charge in [0.25, 0.3) is 0 Å². The van der Waals surface area contributed by atoms with E-state index in [2.05, 4.69) is 29.5 Å². The van der Waals surface area contributed by atoms with Gasteiger partial charge in [-0.15, -0.1) is 0 Å². The van der Waals surface area contributed by atoms with Gasteiger partial charge in [0, 0.05) is 12.1 Å². The minimum Gasteiger partial charge on any atom is -0.481 e. The number of anilines is 1. The van der Waals surface area contributed by atoms with Crippen molar-refractivity contribution in [2.45, 2.75) is 32.7 Å². The highest BCUT2D eigenvalue weighted by Crippen LogP contribution is 2.10. The molecular weight excluding hydrogens is 234 g/mol. The molecule has 4 nitrogen and oxygen atoms in total. The second kappa shape index (κ2) is 7.06. The van der Waals surface area contributed by atoms with Crippen molar-refractivity contribution in [3.05, 3.63) is 18.3 Å². The smallest absolute Gasteiger partial charge is 0.213 e. The molecule has 2 N–H and O–H groups in total. The summed E-state index contributed by atoms with van der Waals surface area (Å²) in [5, 5.41) is 6.98. The van der Waals surface area contributed by atoms with E-state index >= 15 is 0 Å². The Balaban J connectivity index is 2.49. The summed E-state index contributed by atoms with van der Waals surface area (Å²) in [4.78, 5) is 4.10. The van der Waals surface area contributed by atoms with E-state index in [1.165, 1.54) is 0 Å². The van der Waals surface area contributed by atoms with E-state index in [-0.39, 0.29) is 0 Å². The molecule has 0 saturated heterocycles. The molecule has 0 atom stereocenters. The molecule has 17 heavy (non-hydrogen) atoms. The monoisotopic (exact) mass is 253 g/mol. The Morgan fingerprint density at radius 1 is 1.41 bits per heavy atom. The highest BCUT2D eigenvalue weighted by molar-refractivity contribution is 7.80. The molecule has 0 fully saturated rings. The van der Waals surface area contributed by atoms with Crippen molar-refractivity contribution in [2.24, 2.45) is 0 Å². The molecule has 0 unspecified atom stereocenters. The van der Waals surface area contributed by atoms with E-state index in [1.54, 1.807) is 19.4 Å². The third kappa shape index (κ3) is 4.56. The van der Waals surface area contributed by atoms with Crippen LogP contribution in [0, 0.1) is 0 Å². The lowest BCUT2D eigenvalue weighted by atomic mass is 10.2. The van der Waals surface area contributed by atoms with Gasteiger partial charge in [0.1, 0.15) is 0 Å². The molecule has 1 rings (SSSR count). The second-order valence-electron chi connectivity index (χ2n) is 3.70. The van der Waals surface area contributed by atoms with Gasteiger partial charge in [0.05, 0.1) is 19.0 Å². The summed E-state index contributed by atoms with van der Waals surface area (Å²) in [6, 6.07) is 4.09. The van der Waals surface area contributed by atoms with E-state index in [0.29, 0.717) is 17.0 Å². The SMILES string of the molecule is CCC(CC)NC(=S)Nc1ccc(OC)nc1. The van der Waals surface area contributed by atoms with Crippen LogP contribution in [0.2, 0.25) is 0 Å². The second-order valence-corrected chi connectivity index (χ2v) is 4.11. The van der Waals surface area contributed by atoms with Crippen molar-refractivity contribution in [1.29, 1.82) is 0 Å². The van der Waals surface area contributed by atoms with Gasteiger partial charge < -0.3 is 15.4 Å². The summed E-state index contributed by atoms with van der Waals surface area (Å²) in [6.45, 7) is 4.28. The fourth-order valence-electron chi connectivity index (χ4n) is 1.42. The average Bonchev–Trinajstić information content (AvgIpc) is 2.37. The predicted molar refractivity (Wildman–Crippen MR) is 74.5 cm³/mol. The lowest BCUT2D eigenvalue weighted by Crippen LogP contribution is -2.36. The molecule has 94 valence electrons. The number of nitrogens with one attached hydrogen (secondary N) is 2. The molecule has 0 spiro atoms. The number of hydrogen-bond acceptors (Lipinski definition) is 3. The van der Waals surface area contributed by atoms with Gasteiger partial charge in [0.15, 0.2) is 5.11 Å². The molecule has 0 aliphatic carbocycles. The first-order valence-electron chi connectivity index (χ1n) is 5.77. The third-order valence-corrected chi connectivity index (χ3v) is 2.74. The van der Waals surface area contributed by atoms with E-state index in [4.69, 9.17) is 17.0 Å². The first kappa shape index (κ1) is 13.7. The van der Waals surface area contributed by atoms with Crippen LogP contribution in [0.1, 0.15) is 26.7 Å². The fraction of sp³-hybridized carbons (Fsp3) is 0.500. The minimum atomic E-state index is 0.418. The van der Waals surface area contributed by atoms with Gasteiger partial charge in [-0.05, 0) is 31.1 Å². The van der Waals surface area contributed by atoms with Crippen LogP contribution in [-0.4, -0.2) is 23.2 Å². The summed E-state index contributed by atoms with van der Waals surface area (Å²) >= 11 is 5.22. The van der Waals surface area contributed by atoms with Crippen LogP contribution < -0.4 is 15.4 Å². The highest BCUT2D eigenvalue weighted by atomic mass is 32.1. The Kier molecular flexibility index (Phi) is 5.69. The minimum absolute atomic E-state index is 0.418. The molecule has 0 aliphatic heterocycles. The topological polar surface area (TPSA) is 46.2 Å². The quantitative estimate of drug-likeness (QED) is 0.790. The Morgan fingerprint density at radius 2 is 2.12 bits per heavy atom. The third-order valence-electron chi connectivity index (χ3n) is 2.52. The van der Waals surface area contributed by atoms with E-state index in [0.717, 1.165) is 18.5 Å². The van der Waals surface area contributed by atoms with Gasteiger partial charge in [0.2, 0.25) is 5.88 Å². The molecule has 1 heterocycles. The summed E-state index contributed by atoms with van der Waals surface area (Å²) < 4.78 is 4.99.